The van der Waals surface area contributed by atoms with E-state index in [1.807, 2.05) is 48.7 Å². The van der Waals surface area contributed by atoms with Crippen LogP contribution in [0.5, 0.6) is 0 Å². The van der Waals surface area contributed by atoms with E-state index in [1.165, 1.54) is 4.57 Å². The summed E-state index contributed by atoms with van der Waals surface area (Å²) in [6, 6.07) is 18.7. The number of rotatable bonds is 6. The molecule has 1 atom stereocenters. The fourth-order valence-corrected chi connectivity index (χ4v) is 5.00. The van der Waals surface area contributed by atoms with Crippen LogP contribution < -0.4 is 5.32 Å². The Hall–Kier alpha value is -2.97. The van der Waals surface area contributed by atoms with E-state index < -0.39 is 9.84 Å². The number of fused-ring (bicyclic) bond motifs is 1. The average Bonchev–Trinajstić information content (AvgIpc) is 3.35. The Morgan fingerprint density at radius 2 is 1.83 bits per heavy atom. The summed E-state index contributed by atoms with van der Waals surface area (Å²) in [4.78, 5) is 18.3. The van der Waals surface area contributed by atoms with Gasteiger partial charge in [0, 0.05) is 11.1 Å². The molecule has 2 aromatic carbocycles. The Labute approximate surface area is 179 Å². The fourth-order valence-electron chi connectivity index (χ4n) is 3.37. The molecule has 0 bridgehead atoms. The van der Waals surface area contributed by atoms with E-state index in [1.54, 1.807) is 35.6 Å². The third kappa shape index (κ3) is 4.15. The predicted molar refractivity (Wildman–Crippen MR) is 118 cm³/mol. The van der Waals surface area contributed by atoms with Crippen LogP contribution in [0, 0.1) is 6.92 Å². The molecule has 4 rings (SSSR count). The lowest BCUT2D eigenvalue weighted by Gasteiger charge is -2.19. The van der Waals surface area contributed by atoms with Gasteiger partial charge in [-0.15, -0.1) is 11.3 Å². The number of carbonyl (C=O) groups excluding carboxylic acids is 1. The molecule has 4 aromatic rings. The van der Waals surface area contributed by atoms with Crippen molar-refractivity contribution in [3.8, 4) is 0 Å². The van der Waals surface area contributed by atoms with Gasteiger partial charge in [-0.25, -0.2) is 13.4 Å². The van der Waals surface area contributed by atoms with Crippen LogP contribution in [0.1, 0.15) is 22.0 Å². The van der Waals surface area contributed by atoms with Crippen molar-refractivity contribution in [1.82, 2.24) is 14.9 Å². The third-order valence-electron chi connectivity index (χ3n) is 4.80. The van der Waals surface area contributed by atoms with Gasteiger partial charge in [0.05, 0.1) is 17.1 Å². The summed E-state index contributed by atoms with van der Waals surface area (Å²) in [5, 5.41) is 4.92. The number of imidazole rings is 1. The lowest BCUT2D eigenvalue weighted by atomic mass is 10.0. The minimum Gasteiger partial charge on any atom is -0.343 e. The standard InChI is InChI=1S/C22H21N3O3S2/c1-15-9-11-16(12-10-15)21(19-8-5-13-29-19)24-20(26)14-25-18-7-4-3-6-17(18)23-22(25)30(2,27)28/h3-13,21H,14H2,1-2H3,(H,24,26)/t21-/m0/s1. The molecule has 0 aliphatic carbocycles. The van der Waals surface area contributed by atoms with E-state index in [9.17, 15) is 13.2 Å². The molecule has 0 saturated heterocycles. The molecule has 6 nitrogen and oxygen atoms in total. The molecule has 2 heterocycles. The van der Waals surface area contributed by atoms with Gasteiger partial charge in [-0.05, 0) is 36.1 Å². The molecule has 0 aliphatic heterocycles. The van der Waals surface area contributed by atoms with Gasteiger partial charge in [0.1, 0.15) is 6.54 Å². The molecule has 8 heteroatoms. The van der Waals surface area contributed by atoms with Crippen molar-refractivity contribution in [2.24, 2.45) is 0 Å². The van der Waals surface area contributed by atoms with Crippen LogP contribution in [0.25, 0.3) is 11.0 Å². The second-order valence-electron chi connectivity index (χ2n) is 7.17. The maximum atomic E-state index is 13.0. The van der Waals surface area contributed by atoms with Crippen LogP contribution in [0.4, 0.5) is 0 Å². The molecule has 0 radical (unpaired) electrons. The molecule has 1 N–H and O–H groups in total. The van der Waals surface area contributed by atoms with Crippen molar-refractivity contribution in [3.63, 3.8) is 0 Å². The first-order valence-electron chi connectivity index (χ1n) is 9.37. The number of carbonyl (C=O) groups is 1. The molecule has 0 saturated carbocycles. The molecular formula is C22H21N3O3S2. The maximum Gasteiger partial charge on any atom is 0.240 e. The number of sulfone groups is 1. The van der Waals surface area contributed by atoms with E-state index in [4.69, 9.17) is 0 Å². The van der Waals surface area contributed by atoms with Gasteiger partial charge in [0.25, 0.3) is 0 Å². The number of aromatic nitrogens is 2. The van der Waals surface area contributed by atoms with Gasteiger partial charge in [-0.1, -0.05) is 48.0 Å². The second-order valence-corrected chi connectivity index (χ2v) is 10.1. The summed E-state index contributed by atoms with van der Waals surface area (Å²) in [7, 11) is -3.60. The second kappa shape index (κ2) is 8.04. The topological polar surface area (TPSA) is 81.1 Å². The molecule has 2 aromatic heterocycles. The molecule has 0 aliphatic rings. The Morgan fingerprint density at radius 3 is 2.50 bits per heavy atom. The first-order valence-corrected chi connectivity index (χ1v) is 12.1. The molecule has 154 valence electrons. The number of hydrogen-bond acceptors (Lipinski definition) is 5. The molecule has 0 unspecified atom stereocenters. The third-order valence-corrected chi connectivity index (χ3v) is 6.71. The minimum absolute atomic E-state index is 0.109. The van der Waals surface area contributed by atoms with Crippen molar-refractivity contribution in [3.05, 3.63) is 82.0 Å². The Balaban J connectivity index is 1.67. The van der Waals surface area contributed by atoms with Crippen molar-refractivity contribution in [2.45, 2.75) is 24.7 Å². The highest BCUT2D eigenvalue weighted by molar-refractivity contribution is 7.90. The molecule has 0 fully saturated rings. The highest BCUT2D eigenvalue weighted by Gasteiger charge is 2.23. The summed E-state index contributed by atoms with van der Waals surface area (Å²) in [6.07, 6.45) is 1.10. The highest BCUT2D eigenvalue weighted by Crippen LogP contribution is 2.27. The van der Waals surface area contributed by atoms with Gasteiger partial charge in [-0.3, -0.25) is 4.79 Å². The SMILES string of the molecule is Cc1ccc([C@H](NC(=O)Cn2c(S(C)(=O)=O)nc3ccccc32)c2cccs2)cc1. The van der Waals surface area contributed by atoms with Crippen molar-refractivity contribution < 1.29 is 13.2 Å². The lowest BCUT2D eigenvalue weighted by Crippen LogP contribution is -2.32. The summed E-state index contributed by atoms with van der Waals surface area (Å²) in [5.74, 6) is -0.290. The summed E-state index contributed by atoms with van der Waals surface area (Å²) in [6.45, 7) is 1.87. The first kappa shape index (κ1) is 20.3. The number of para-hydroxylation sites is 2. The smallest absolute Gasteiger partial charge is 0.240 e. The van der Waals surface area contributed by atoms with Gasteiger partial charge < -0.3 is 9.88 Å². The van der Waals surface area contributed by atoms with Gasteiger partial charge >= 0.3 is 0 Å². The lowest BCUT2D eigenvalue weighted by molar-refractivity contribution is -0.122. The van der Waals surface area contributed by atoms with Crippen molar-refractivity contribution >= 4 is 38.1 Å². The van der Waals surface area contributed by atoms with E-state index >= 15 is 0 Å². The quantitative estimate of drug-likeness (QED) is 0.497. The Kier molecular flexibility index (Phi) is 5.44. The number of thiophene rings is 1. The van der Waals surface area contributed by atoms with Crippen LogP contribution in [-0.4, -0.2) is 30.1 Å². The van der Waals surface area contributed by atoms with E-state index in [-0.39, 0.29) is 23.7 Å². The number of benzene rings is 2. The normalized spacial score (nSPS) is 12.7. The summed E-state index contributed by atoms with van der Waals surface area (Å²) < 4.78 is 26.0. The van der Waals surface area contributed by atoms with Crippen LogP contribution >= 0.6 is 11.3 Å². The zero-order valence-electron chi connectivity index (χ0n) is 16.6. The zero-order chi connectivity index (χ0) is 21.3. The van der Waals surface area contributed by atoms with Crippen molar-refractivity contribution in [1.29, 1.82) is 0 Å². The maximum absolute atomic E-state index is 13.0. The van der Waals surface area contributed by atoms with Crippen molar-refractivity contribution in [2.75, 3.05) is 6.26 Å². The monoisotopic (exact) mass is 439 g/mol. The van der Waals surface area contributed by atoms with Gasteiger partial charge in [0.15, 0.2) is 0 Å². The number of nitrogens with one attached hydrogen (secondary N) is 1. The van der Waals surface area contributed by atoms with Crippen LogP contribution in [0.3, 0.4) is 0 Å². The average molecular weight is 440 g/mol. The largest absolute Gasteiger partial charge is 0.343 e. The Bertz CT molecular complexity index is 1290. The van der Waals surface area contributed by atoms with E-state index in [0.29, 0.717) is 11.0 Å². The van der Waals surface area contributed by atoms with Gasteiger partial charge in [-0.2, -0.15) is 0 Å². The van der Waals surface area contributed by atoms with Gasteiger partial charge in [0.2, 0.25) is 20.9 Å². The predicted octanol–water partition coefficient (Wildman–Crippen LogP) is 3.72. The number of amides is 1. The first-order chi connectivity index (χ1) is 14.3. The number of nitrogens with zero attached hydrogens (tertiary/aromatic N) is 2. The number of hydrogen-bond donors (Lipinski definition) is 1. The number of aryl methyl sites for hydroxylation is 1. The minimum atomic E-state index is -3.60. The van der Waals surface area contributed by atoms with E-state index in [0.717, 1.165) is 22.3 Å². The Morgan fingerprint density at radius 1 is 1.10 bits per heavy atom. The molecule has 30 heavy (non-hydrogen) atoms. The zero-order valence-corrected chi connectivity index (χ0v) is 18.2. The molecule has 1 amide bonds. The molecular weight excluding hydrogens is 418 g/mol. The van der Waals surface area contributed by atoms with Crippen LogP contribution in [0.15, 0.2) is 71.2 Å². The summed E-state index contributed by atoms with van der Waals surface area (Å²) in [5.41, 5.74) is 3.25. The van der Waals surface area contributed by atoms with Crippen LogP contribution in [-0.2, 0) is 21.2 Å². The summed E-state index contributed by atoms with van der Waals surface area (Å²) >= 11 is 1.56. The van der Waals surface area contributed by atoms with E-state index in [2.05, 4.69) is 10.3 Å². The van der Waals surface area contributed by atoms with Crippen LogP contribution in [0.2, 0.25) is 0 Å². The molecule has 0 spiro atoms. The fraction of sp³-hybridized carbons (Fsp3) is 0.182. The highest BCUT2D eigenvalue weighted by atomic mass is 32.2.